The van der Waals surface area contributed by atoms with Crippen LogP contribution in [-0.2, 0) is 6.18 Å². The van der Waals surface area contributed by atoms with Crippen LogP contribution in [0.15, 0.2) is 42.6 Å². The van der Waals surface area contributed by atoms with E-state index in [1.54, 1.807) is 18.2 Å². The number of hydrogen-bond donors (Lipinski definition) is 1. The number of hydrogen-bond acceptors (Lipinski definition) is 4. The molecule has 132 valence electrons. The Hall–Kier alpha value is -2.77. The molecule has 1 atom stereocenters. The zero-order valence-corrected chi connectivity index (χ0v) is 13.0. The predicted molar refractivity (Wildman–Crippen MR) is 83.9 cm³/mol. The SMILES string of the molecule is O=C(O)c1ccccc1N1CCC(Oc2ccc(C(F)(F)F)cn2)C1. The van der Waals surface area contributed by atoms with E-state index in [0.29, 0.717) is 25.2 Å². The van der Waals surface area contributed by atoms with Gasteiger partial charge >= 0.3 is 12.1 Å². The number of aromatic carboxylic acids is 1. The number of carboxylic acids is 1. The molecule has 2 aromatic rings. The number of alkyl halides is 3. The standard InChI is InChI=1S/C17H15F3N2O3/c18-17(19,20)11-5-6-15(21-9-11)25-12-7-8-22(10-12)14-4-2-1-3-13(14)16(23)24/h1-6,9,12H,7-8,10H2,(H,23,24). The number of rotatable bonds is 4. The third-order valence-electron chi connectivity index (χ3n) is 3.97. The second kappa shape index (κ2) is 6.62. The molecule has 0 amide bonds. The molecular weight excluding hydrogens is 337 g/mol. The maximum Gasteiger partial charge on any atom is 0.417 e. The number of carbonyl (C=O) groups is 1. The average molecular weight is 352 g/mol. The first-order chi connectivity index (χ1) is 11.8. The Kier molecular flexibility index (Phi) is 4.52. The van der Waals surface area contributed by atoms with Crippen LogP contribution < -0.4 is 9.64 Å². The summed E-state index contributed by atoms with van der Waals surface area (Å²) in [6.45, 7) is 1.03. The van der Waals surface area contributed by atoms with Crippen molar-refractivity contribution in [3.63, 3.8) is 0 Å². The van der Waals surface area contributed by atoms with Crippen LogP contribution in [0.1, 0.15) is 22.3 Å². The molecule has 1 fully saturated rings. The van der Waals surface area contributed by atoms with Crippen LogP contribution in [0.3, 0.4) is 0 Å². The third kappa shape index (κ3) is 3.84. The molecule has 25 heavy (non-hydrogen) atoms. The number of halogens is 3. The van der Waals surface area contributed by atoms with Crippen LogP contribution in [0.2, 0.25) is 0 Å². The molecule has 5 nitrogen and oxygen atoms in total. The first-order valence-electron chi connectivity index (χ1n) is 7.62. The van der Waals surface area contributed by atoms with Crippen LogP contribution in [0.25, 0.3) is 0 Å². The maximum atomic E-state index is 12.5. The fourth-order valence-electron chi connectivity index (χ4n) is 2.76. The fraction of sp³-hybridized carbons (Fsp3) is 0.294. The highest BCUT2D eigenvalue weighted by molar-refractivity contribution is 5.94. The van der Waals surface area contributed by atoms with E-state index in [1.165, 1.54) is 12.1 Å². The van der Waals surface area contributed by atoms with Gasteiger partial charge in [-0.2, -0.15) is 13.2 Å². The summed E-state index contributed by atoms with van der Waals surface area (Å²) >= 11 is 0. The lowest BCUT2D eigenvalue weighted by molar-refractivity contribution is -0.137. The summed E-state index contributed by atoms with van der Waals surface area (Å²) in [6.07, 6.45) is -3.35. The van der Waals surface area contributed by atoms with Gasteiger partial charge < -0.3 is 14.7 Å². The third-order valence-corrected chi connectivity index (χ3v) is 3.97. The average Bonchev–Trinajstić information content (AvgIpc) is 3.03. The molecule has 1 aromatic heterocycles. The quantitative estimate of drug-likeness (QED) is 0.913. The lowest BCUT2D eigenvalue weighted by Gasteiger charge is -2.20. The number of anilines is 1. The number of pyridine rings is 1. The van der Waals surface area contributed by atoms with Crippen molar-refractivity contribution in [2.45, 2.75) is 18.7 Å². The monoisotopic (exact) mass is 352 g/mol. The summed E-state index contributed by atoms with van der Waals surface area (Å²) in [4.78, 5) is 16.9. The summed E-state index contributed by atoms with van der Waals surface area (Å²) < 4.78 is 43.2. The van der Waals surface area contributed by atoms with E-state index in [1.807, 2.05) is 4.90 Å². The van der Waals surface area contributed by atoms with E-state index in [0.717, 1.165) is 12.3 Å². The molecular formula is C17H15F3N2O3. The van der Waals surface area contributed by atoms with Crippen molar-refractivity contribution in [1.29, 1.82) is 0 Å². The van der Waals surface area contributed by atoms with Gasteiger partial charge in [-0.3, -0.25) is 0 Å². The van der Waals surface area contributed by atoms with Gasteiger partial charge in [-0.15, -0.1) is 0 Å². The van der Waals surface area contributed by atoms with E-state index >= 15 is 0 Å². The first kappa shape index (κ1) is 17.1. The highest BCUT2D eigenvalue weighted by Crippen LogP contribution is 2.30. The van der Waals surface area contributed by atoms with Gasteiger partial charge in [0.25, 0.3) is 0 Å². The Labute approximate surface area is 141 Å². The number of ether oxygens (including phenoxy) is 1. The van der Waals surface area contributed by atoms with Gasteiger partial charge in [0, 0.05) is 25.2 Å². The van der Waals surface area contributed by atoms with Crippen molar-refractivity contribution in [3.8, 4) is 5.88 Å². The van der Waals surface area contributed by atoms with Crippen molar-refractivity contribution in [2.24, 2.45) is 0 Å². The van der Waals surface area contributed by atoms with Crippen LogP contribution in [0, 0.1) is 0 Å². The molecule has 1 unspecified atom stereocenters. The van der Waals surface area contributed by atoms with Crippen molar-refractivity contribution in [1.82, 2.24) is 4.98 Å². The molecule has 3 rings (SSSR count). The van der Waals surface area contributed by atoms with Crippen LogP contribution in [0.5, 0.6) is 5.88 Å². The molecule has 0 bridgehead atoms. The van der Waals surface area contributed by atoms with E-state index in [9.17, 15) is 23.1 Å². The van der Waals surface area contributed by atoms with Gasteiger partial charge in [0.2, 0.25) is 5.88 Å². The number of nitrogens with zero attached hydrogens (tertiary/aromatic N) is 2. The molecule has 1 aromatic carbocycles. The number of benzene rings is 1. The molecule has 0 radical (unpaired) electrons. The topological polar surface area (TPSA) is 62.7 Å². The minimum absolute atomic E-state index is 0.117. The lowest BCUT2D eigenvalue weighted by atomic mass is 10.1. The molecule has 1 aliphatic heterocycles. The molecule has 1 aliphatic rings. The van der Waals surface area contributed by atoms with E-state index < -0.39 is 17.7 Å². The van der Waals surface area contributed by atoms with Gasteiger partial charge in [-0.25, -0.2) is 9.78 Å². The zero-order valence-electron chi connectivity index (χ0n) is 13.0. The second-order valence-electron chi connectivity index (χ2n) is 5.68. The zero-order chi connectivity index (χ0) is 18.0. The molecule has 1 saturated heterocycles. The molecule has 0 spiro atoms. The van der Waals surface area contributed by atoms with Gasteiger partial charge in [-0.1, -0.05) is 12.1 Å². The number of carboxylic acid groups (broad SMARTS) is 1. The van der Waals surface area contributed by atoms with E-state index in [4.69, 9.17) is 4.74 Å². The number of aromatic nitrogens is 1. The van der Waals surface area contributed by atoms with Gasteiger partial charge in [0.1, 0.15) is 6.10 Å². The molecule has 8 heteroatoms. The van der Waals surface area contributed by atoms with Gasteiger partial charge in [-0.05, 0) is 18.2 Å². The Bertz CT molecular complexity index is 762. The Morgan fingerprint density at radius 2 is 2.00 bits per heavy atom. The summed E-state index contributed by atoms with van der Waals surface area (Å²) in [5.41, 5.74) is -0.0273. The normalized spacial score (nSPS) is 17.6. The summed E-state index contributed by atoms with van der Waals surface area (Å²) in [5, 5.41) is 9.26. The van der Waals surface area contributed by atoms with Crippen molar-refractivity contribution < 1.29 is 27.8 Å². The maximum absolute atomic E-state index is 12.5. The summed E-state index contributed by atoms with van der Waals surface area (Å²) in [6, 6.07) is 8.79. The molecule has 1 N–H and O–H groups in total. The van der Waals surface area contributed by atoms with Crippen LogP contribution in [-0.4, -0.2) is 35.3 Å². The molecule has 0 aliphatic carbocycles. The van der Waals surface area contributed by atoms with Gasteiger partial charge in [0.05, 0.1) is 23.4 Å². The Balaban J connectivity index is 1.67. The van der Waals surface area contributed by atoms with E-state index in [-0.39, 0.29) is 17.5 Å². The van der Waals surface area contributed by atoms with Crippen LogP contribution in [0.4, 0.5) is 18.9 Å². The molecule has 0 saturated carbocycles. The molecule has 2 heterocycles. The smallest absolute Gasteiger partial charge is 0.417 e. The van der Waals surface area contributed by atoms with E-state index in [2.05, 4.69) is 4.98 Å². The van der Waals surface area contributed by atoms with Gasteiger partial charge in [0.15, 0.2) is 0 Å². The Morgan fingerprint density at radius 1 is 1.24 bits per heavy atom. The van der Waals surface area contributed by atoms with Crippen molar-refractivity contribution in [2.75, 3.05) is 18.0 Å². The van der Waals surface area contributed by atoms with Crippen molar-refractivity contribution >= 4 is 11.7 Å². The van der Waals surface area contributed by atoms with Crippen LogP contribution >= 0.6 is 0 Å². The summed E-state index contributed by atoms with van der Waals surface area (Å²) in [7, 11) is 0. The minimum atomic E-state index is -4.43. The second-order valence-corrected chi connectivity index (χ2v) is 5.68. The highest BCUT2D eigenvalue weighted by Gasteiger charge is 2.31. The largest absolute Gasteiger partial charge is 0.478 e. The van der Waals surface area contributed by atoms with Crippen molar-refractivity contribution in [3.05, 3.63) is 53.7 Å². The highest BCUT2D eigenvalue weighted by atomic mass is 19.4. The summed E-state index contributed by atoms with van der Waals surface area (Å²) in [5.74, 6) is -0.893. The lowest BCUT2D eigenvalue weighted by Crippen LogP contribution is -2.26. The fourth-order valence-corrected chi connectivity index (χ4v) is 2.76. The Morgan fingerprint density at radius 3 is 2.64 bits per heavy atom. The minimum Gasteiger partial charge on any atom is -0.478 e. The first-order valence-corrected chi connectivity index (χ1v) is 7.62. The number of para-hydroxylation sites is 1. The predicted octanol–water partition coefficient (Wildman–Crippen LogP) is 3.46.